The molecule has 2 rings (SSSR count). The van der Waals surface area contributed by atoms with Crippen LogP contribution in [0.3, 0.4) is 0 Å². The summed E-state index contributed by atoms with van der Waals surface area (Å²) in [4.78, 5) is 0. The fourth-order valence-corrected chi connectivity index (χ4v) is 1.57. The van der Waals surface area contributed by atoms with Gasteiger partial charge in [0.2, 0.25) is 0 Å². The van der Waals surface area contributed by atoms with Crippen molar-refractivity contribution in [2.45, 2.75) is 24.5 Å². The summed E-state index contributed by atoms with van der Waals surface area (Å²) in [7, 11) is 0. The van der Waals surface area contributed by atoms with Gasteiger partial charge in [0, 0.05) is 0 Å². The van der Waals surface area contributed by atoms with E-state index in [0.29, 0.717) is 0 Å². The van der Waals surface area contributed by atoms with Gasteiger partial charge in [0.05, 0.1) is 18.2 Å². The zero-order chi connectivity index (χ0) is 10.2. The van der Waals surface area contributed by atoms with Crippen molar-refractivity contribution in [1.82, 2.24) is 0 Å². The first kappa shape index (κ1) is 9.65. The molecule has 3 nitrogen and oxygen atoms in total. The van der Waals surface area contributed by atoms with E-state index in [9.17, 15) is 5.11 Å². The smallest absolute Gasteiger partial charge is 0.0899 e. The Kier molecular flexibility index (Phi) is 2.31. The van der Waals surface area contributed by atoms with Crippen molar-refractivity contribution < 1.29 is 10.2 Å². The van der Waals surface area contributed by atoms with Gasteiger partial charge in [0.1, 0.15) is 0 Å². The number of hydrogen-bond acceptors (Lipinski definition) is 3. The second kappa shape index (κ2) is 3.35. The van der Waals surface area contributed by atoms with Crippen LogP contribution in [0.1, 0.15) is 30.0 Å². The minimum Gasteiger partial charge on any atom is -0.394 e. The number of aliphatic hydroxyl groups is 2. The van der Waals surface area contributed by atoms with E-state index in [1.807, 2.05) is 24.3 Å². The summed E-state index contributed by atoms with van der Waals surface area (Å²) in [6.45, 7) is -0.0676. The lowest BCUT2D eigenvalue weighted by Gasteiger charge is -2.13. The SMILES string of the molecule is NC(CO)c1cccc(C2(O)CC2)c1. The van der Waals surface area contributed by atoms with Crippen LogP contribution in [0.2, 0.25) is 0 Å². The molecular formula is C11H15NO2. The molecule has 3 heteroatoms. The van der Waals surface area contributed by atoms with Crippen molar-refractivity contribution in [3.05, 3.63) is 35.4 Å². The Hall–Kier alpha value is -0.900. The molecule has 0 saturated heterocycles. The van der Waals surface area contributed by atoms with E-state index in [4.69, 9.17) is 10.8 Å². The third-order valence-electron chi connectivity index (χ3n) is 2.77. The Morgan fingerprint density at radius 2 is 2.14 bits per heavy atom. The monoisotopic (exact) mass is 193 g/mol. The van der Waals surface area contributed by atoms with Crippen LogP contribution in [0.4, 0.5) is 0 Å². The van der Waals surface area contributed by atoms with Crippen LogP contribution < -0.4 is 5.73 Å². The van der Waals surface area contributed by atoms with Gasteiger partial charge in [0.15, 0.2) is 0 Å². The van der Waals surface area contributed by atoms with Crippen LogP contribution in [0, 0.1) is 0 Å². The van der Waals surface area contributed by atoms with Gasteiger partial charge in [-0.15, -0.1) is 0 Å². The molecule has 0 heterocycles. The standard InChI is InChI=1S/C11H15NO2/c12-10(7-13)8-2-1-3-9(6-8)11(14)4-5-11/h1-3,6,10,13-14H,4-5,7,12H2. The Labute approximate surface area is 83.2 Å². The predicted molar refractivity (Wildman–Crippen MR) is 53.6 cm³/mol. The highest BCUT2D eigenvalue weighted by atomic mass is 16.3. The number of benzene rings is 1. The van der Waals surface area contributed by atoms with Crippen molar-refractivity contribution in [2.75, 3.05) is 6.61 Å². The van der Waals surface area contributed by atoms with Gasteiger partial charge < -0.3 is 15.9 Å². The lowest BCUT2D eigenvalue weighted by molar-refractivity contribution is 0.151. The highest BCUT2D eigenvalue weighted by Gasteiger charge is 2.42. The molecule has 1 atom stereocenters. The minimum absolute atomic E-state index is 0.0676. The maximum absolute atomic E-state index is 9.88. The van der Waals surface area contributed by atoms with Gasteiger partial charge in [-0.1, -0.05) is 24.3 Å². The topological polar surface area (TPSA) is 66.5 Å². The van der Waals surface area contributed by atoms with Gasteiger partial charge in [-0.3, -0.25) is 0 Å². The van der Waals surface area contributed by atoms with Gasteiger partial charge in [0.25, 0.3) is 0 Å². The Bertz CT molecular complexity index is 334. The van der Waals surface area contributed by atoms with Crippen molar-refractivity contribution in [3.8, 4) is 0 Å². The number of nitrogens with two attached hydrogens (primary N) is 1. The van der Waals surface area contributed by atoms with E-state index in [0.717, 1.165) is 24.0 Å². The van der Waals surface area contributed by atoms with E-state index in [2.05, 4.69) is 0 Å². The lowest BCUT2D eigenvalue weighted by atomic mass is 10.0. The van der Waals surface area contributed by atoms with Crippen molar-refractivity contribution >= 4 is 0 Å². The number of hydrogen-bond donors (Lipinski definition) is 3. The van der Waals surface area contributed by atoms with Crippen molar-refractivity contribution in [1.29, 1.82) is 0 Å². The van der Waals surface area contributed by atoms with E-state index in [1.54, 1.807) is 0 Å². The molecule has 0 radical (unpaired) electrons. The molecule has 0 bridgehead atoms. The van der Waals surface area contributed by atoms with Crippen molar-refractivity contribution in [2.24, 2.45) is 5.73 Å². The summed E-state index contributed by atoms with van der Waals surface area (Å²) >= 11 is 0. The van der Waals surface area contributed by atoms with Gasteiger partial charge in [-0.25, -0.2) is 0 Å². The molecule has 4 N–H and O–H groups in total. The summed E-state index contributed by atoms with van der Waals surface area (Å²) in [6, 6.07) is 7.18. The van der Waals surface area contributed by atoms with Gasteiger partial charge >= 0.3 is 0 Å². The Balaban J connectivity index is 2.27. The fraction of sp³-hybridized carbons (Fsp3) is 0.455. The first-order valence-corrected chi connectivity index (χ1v) is 4.85. The third kappa shape index (κ3) is 1.66. The van der Waals surface area contributed by atoms with E-state index in [-0.39, 0.29) is 12.6 Å². The van der Waals surface area contributed by atoms with Crippen LogP contribution in [0.5, 0.6) is 0 Å². The summed E-state index contributed by atoms with van der Waals surface area (Å²) in [5.41, 5.74) is 6.87. The molecule has 0 aliphatic heterocycles. The first-order chi connectivity index (χ1) is 6.65. The second-order valence-electron chi connectivity index (χ2n) is 3.95. The summed E-state index contributed by atoms with van der Waals surface area (Å²) < 4.78 is 0. The maximum Gasteiger partial charge on any atom is 0.0899 e. The molecule has 0 amide bonds. The summed E-state index contributed by atoms with van der Waals surface area (Å²) in [6.07, 6.45) is 1.65. The average molecular weight is 193 g/mol. The summed E-state index contributed by atoms with van der Waals surface area (Å²) in [5.74, 6) is 0. The molecule has 14 heavy (non-hydrogen) atoms. The molecular weight excluding hydrogens is 178 g/mol. The predicted octanol–water partition coefficient (Wildman–Crippen LogP) is 0.660. The number of rotatable bonds is 3. The maximum atomic E-state index is 9.88. The number of aliphatic hydroxyl groups excluding tert-OH is 1. The molecule has 1 aliphatic carbocycles. The largest absolute Gasteiger partial charge is 0.394 e. The zero-order valence-corrected chi connectivity index (χ0v) is 7.98. The quantitative estimate of drug-likeness (QED) is 0.660. The van der Waals surface area contributed by atoms with E-state index < -0.39 is 5.60 Å². The highest BCUT2D eigenvalue weighted by Crippen LogP contribution is 2.45. The highest BCUT2D eigenvalue weighted by molar-refractivity contribution is 5.33. The molecule has 0 aromatic heterocycles. The van der Waals surface area contributed by atoms with Crippen LogP contribution in [-0.2, 0) is 5.60 Å². The summed E-state index contributed by atoms with van der Waals surface area (Å²) in [5, 5.41) is 18.8. The Morgan fingerprint density at radius 3 is 2.71 bits per heavy atom. The van der Waals surface area contributed by atoms with E-state index in [1.165, 1.54) is 0 Å². The molecule has 0 spiro atoms. The molecule has 1 saturated carbocycles. The first-order valence-electron chi connectivity index (χ1n) is 4.85. The molecule has 1 unspecified atom stereocenters. The Morgan fingerprint density at radius 1 is 1.43 bits per heavy atom. The zero-order valence-electron chi connectivity index (χ0n) is 7.98. The molecule has 1 aromatic rings. The average Bonchev–Trinajstić information content (AvgIpc) is 2.97. The van der Waals surface area contributed by atoms with Gasteiger partial charge in [-0.2, -0.15) is 0 Å². The second-order valence-corrected chi connectivity index (χ2v) is 3.95. The van der Waals surface area contributed by atoms with Crippen LogP contribution in [-0.4, -0.2) is 16.8 Å². The minimum atomic E-state index is -0.620. The van der Waals surface area contributed by atoms with E-state index >= 15 is 0 Å². The molecule has 1 aliphatic rings. The fourth-order valence-electron chi connectivity index (χ4n) is 1.57. The van der Waals surface area contributed by atoms with Crippen molar-refractivity contribution in [3.63, 3.8) is 0 Å². The molecule has 1 aromatic carbocycles. The van der Waals surface area contributed by atoms with Gasteiger partial charge in [-0.05, 0) is 24.0 Å². The normalized spacial score (nSPS) is 20.5. The van der Waals surface area contributed by atoms with Crippen LogP contribution in [0.15, 0.2) is 24.3 Å². The third-order valence-corrected chi connectivity index (χ3v) is 2.77. The van der Waals surface area contributed by atoms with Crippen LogP contribution in [0.25, 0.3) is 0 Å². The molecule has 76 valence electrons. The lowest BCUT2D eigenvalue weighted by Crippen LogP contribution is -2.15. The molecule has 1 fully saturated rings. The van der Waals surface area contributed by atoms with Crippen LogP contribution >= 0.6 is 0 Å².